The van der Waals surface area contributed by atoms with E-state index in [0.29, 0.717) is 10.0 Å². The van der Waals surface area contributed by atoms with Gasteiger partial charge in [0.1, 0.15) is 11.4 Å². The summed E-state index contributed by atoms with van der Waals surface area (Å²) in [6.45, 7) is 5.54. The minimum absolute atomic E-state index is 0.119. The second kappa shape index (κ2) is 7.84. The first-order valence-corrected chi connectivity index (χ1v) is 10.1. The highest BCUT2D eigenvalue weighted by atomic mass is 35.5. The van der Waals surface area contributed by atoms with Gasteiger partial charge in [-0.15, -0.1) is 0 Å². The first-order valence-electron chi connectivity index (χ1n) is 9.30. The molecule has 4 nitrogen and oxygen atoms in total. The van der Waals surface area contributed by atoms with Gasteiger partial charge in [0.15, 0.2) is 0 Å². The Balaban J connectivity index is 1.97. The van der Waals surface area contributed by atoms with E-state index in [9.17, 15) is 9.90 Å². The van der Waals surface area contributed by atoms with E-state index in [4.69, 9.17) is 27.9 Å². The van der Waals surface area contributed by atoms with Gasteiger partial charge < -0.3 is 14.7 Å². The van der Waals surface area contributed by atoms with Gasteiger partial charge >= 0.3 is 6.09 Å². The van der Waals surface area contributed by atoms with Gasteiger partial charge in [0.25, 0.3) is 0 Å². The average molecular weight is 422 g/mol. The van der Waals surface area contributed by atoms with Crippen molar-refractivity contribution < 1.29 is 14.6 Å². The van der Waals surface area contributed by atoms with Crippen molar-refractivity contribution in [1.29, 1.82) is 0 Å². The molecule has 2 atom stereocenters. The summed E-state index contributed by atoms with van der Waals surface area (Å²) >= 11 is 12.3. The number of carbonyl (C=O) groups is 1. The molecule has 0 bridgehead atoms. The van der Waals surface area contributed by atoms with E-state index in [1.807, 2.05) is 39.0 Å². The molecule has 150 valence electrons. The number of rotatable bonds is 2. The van der Waals surface area contributed by atoms with Crippen molar-refractivity contribution in [3.8, 4) is 5.75 Å². The summed E-state index contributed by atoms with van der Waals surface area (Å²) in [6.07, 6.45) is 1.21. The van der Waals surface area contributed by atoms with E-state index < -0.39 is 5.60 Å². The fraction of sp³-hybridized carbons (Fsp3) is 0.409. The van der Waals surface area contributed by atoms with Crippen molar-refractivity contribution >= 4 is 29.3 Å². The third kappa shape index (κ3) is 4.39. The first kappa shape index (κ1) is 20.8. The van der Waals surface area contributed by atoms with Crippen molar-refractivity contribution in [3.05, 3.63) is 63.1 Å². The van der Waals surface area contributed by atoms with Crippen LogP contribution in [-0.2, 0) is 4.74 Å². The standard InChI is InChI=1S/C22H25Cl2NO3/c1-22(2,3)28-21(27)25(4)20-10-8-15(13-5-9-18(23)19(24)11-13)16-7-6-14(26)12-17(16)20/h5-7,9,11-12,15,20,26H,8,10H2,1-4H3/t15-,20-/m0/s1. The molecular formula is C22H25Cl2NO3. The van der Waals surface area contributed by atoms with Crippen molar-refractivity contribution in [2.24, 2.45) is 0 Å². The minimum atomic E-state index is -0.565. The zero-order chi connectivity index (χ0) is 20.6. The highest BCUT2D eigenvalue weighted by Crippen LogP contribution is 2.45. The number of benzene rings is 2. The Hall–Kier alpha value is -1.91. The summed E-state index contributed by atoms with van der Waals surface area (Å²) in [6, 6.07) is 10.8. The molecule has 0 unspecified atom stereocenters. The van der Waals surface area contributed by atoms with Crippen LogP contribution in [0.1, 0.15) is 62.3 Å². The summed E-state index contributed by atoms with van der Waals surface area (Å²) in [5.41, 5.74) is 2.50. The zero-order valence-corrected chi connectivity index (χ0v) is 18.0. The Kier molecular flexibility index (Phi) is 5.83. The third-order valence-electron chi connectivity index (χ3n) is 5.03. The third-order valence-corrected chi connectivity index (χ3v) is 5.77. The molecule has 2 aromatic carbocycles. The highest BCUT2D eigenvalue weighted by Gasteiger charge is 2.34. The largest absolute Gasteiger partial charge is 0.508 e. The van der Waals surface area contributed by atoms with Crippen LogP contribution in [0, 0.1) is 0 Å². The zero-order valence-electron chi connectivity index (χ0n) is 16.5. The molecule has 1 N–H and O–H groups in total. The molecule has 1 aliphatic carbocycles. The van der Waals surface area contributed by atoms with Crippen molar-refractivity contribution in [2.45, 2.75) is 51.2 Å². The average Bonchev–Trinajstić information content (AvgIpc) is 2.61. The lowest BCUT2D eigenvalue weighted by molar-refractivity contribution is 0.0202. The van der Waals surface area contributed by atoms with Gasteiger partial charge in [-0.05, 0) is 74.6 Å². The Morgan fingerprint density at radius 2 is 1.79 bits per heavy atom. The van der Waals surface area contributed by atoms with Gasteiger partial charge in [0.2, 0.25) is 0 Å². The van der Waals surface area contributed by atoms with Crippen molar-refractivity contribution in [2.75, 3.05) is 7.05 Å². The van der Waals surface area contributed by atoms with Gasteiger partial charge in [-0.25, -0.2) is 4.79 Å². The fourth-order valence-corrected chi connectivity index (χ4v) is 4.05. The molecular weight excluding hydrogens is 397 g/mol. The Bertz CT molecular complexity index is 892. The molecule has 0 fully saturated rings. The molecule has 28 heavy (non-hydrogen) atoms. The lowest BCUT2D eigenvalue weighted by Crippen LogP contribution is -2.38. The molecule has 0 radical (unpaired) electrons. The Morgan fingerprint density at radius 3 is 2.43 bits per heavy atom. The van der Waals surface area contributed by atoms with Gasteiger partial charge in [0.05, 0.1) is 16.1 Å². The summed E-state index contributed by atoms with van der Waals surface area (Å²) < 4.78 is 5.53. The van der Waals surface area contributed by atoms with E-state index in [2.05, 4.69) is 0 Å². The summed E-state index contributed by atoms with van der Waals surface area (Å²) in [5.74, 6) is 0.296. The molecule has 3 rings (SSSR count). The number of phenolic OH excluding ortho intramolecular Hbond substituents is 1. The van der Waals surface area contributed by atoms with Crippen LogP contribution in [0.3, 0.4) is 0 Å². The molecule has 0 saturated heterocycles. The van der Waals surface area contributed by atoms with Crippen LogP contribution >= 0.6 is 23.2 Å². The van der Waals surface area contributed by atoms with Gasteiger partial charge in [-0.1, -0.05) is 35.3 Å². The van der Waals surface area contributed by atoms with E-state index >= 15 is 0 Å². The number of fused-ring (bicyclic) bond motifs is 1. The second-order valence-electron chi connectivity index (χ2n) is 8.22. The van der Waals surface area contributed by atoms with Crippen LogP contribution in [0.25, 0.3) is 0 Å². The Labute approximate surface area is 176 Å². The molecule has 0 spiro atoms. The lowest BCUT2D eigenvalue weighted by atomic mass is 9.76. The minimum Gasteiger partial charge on any atom is -0.508 e. The molecule has 0 saturated carbocycles. The van der Waals surface area contributed by atoms with E-state index in [0.717, 1.165) is 29.5 Å². The monoisotopic (exact) mass is 421 g/mol. The summed E-state index contributed by atoms with van der Waals surface area (Å²) in [7, 11) is 1.74. The molecule has 0 aromatic heterocycles. The lowest BCUT2D eigenvalue weighted by Gasteiger charge is -2.37. The smallest absolute Gasteiger partial charge is 0.410 e. The van der Waals surface area contributed by atoms with Crippen LogP contribution in [0.4, 0.5) is 4.79 Å². The van der Waals surface area contributed by atoms with E-state index in [1.54, 1.807) is 30.1 Å². The van der Waals surface area contributed by atoms with E-state index in [-0.39, 0.29) is 23.8 Å². The molecule has 1 aliphatic rings. The quantitative estimate of drug-likeness (QED) is 0.598. The maximum absolute atomic E-state index is 12.6. The number of hydrogen-bond acceptors (Lipinski definition) is 3. The second-order valence-corrected chi connectivity index (χ2v) is 9.04. The predicted octanol–water partition coefficient (Wildman–Crippen LogP) is 6.53. The number of hydrogen-bond donors (Lipinski definition) is 1. The SMILES string of the molecule is CN(C(=O)OC(C)(C)C)[C@H]1CC[C@@H](c2ccc(Cl)c(Cl)c2)c2ccc(O)cc21. The molecule has 0 aliphatic heterocycles. The Morgan fingerprint density at radius 1 is 1.07 bits per heavy atom. The van der Waals surface area contributed by atoms with Gasteiger partial charge in [0, 0.05) is 13.0 Å². The fourth-order valence-electron chi connectivity index (χ4n) is 3.74. The number of nitrogens with zero attached hydrogens (tertiary/aromatic N) is 1. The van der Waals surface area contributed by atoms with E-state index in [1.165, 1.54) is 0 Å². The number of halogens is 2. The van der Waals surface area contributed by atoms with Gasteiger partial charge in [-0.3, -0.25) is 0 Å². The van der Waals surface area contributed by atoms with Crippen LogP contribution in [-0.4, -0.2) is 28.7 Å². The maximum atomic E-state index is 12.6. The molecule has 2 aromatic rings. The van der Waals surface area contributed by atoms with Crippen LogP contribution < -0.4 is 0 Å². The van der Waals surface area contributed by atoms with Crippen LogP contribution in [0.15, 0.2) is 36.4 Å². The first-order chi connectivity index (χ1) is 13.1. The van der Waals surface area contributed by atoms with Crippen molar-refractivity contribution in [3.63, 3.8) is 0 Å². The summed E-state index contributed by atoms with van der Waals surface area (Å²) in [4.78, 5) is 14.2. The molecule has 1 amide bonds. The molecule has 6 heteroatoms. The number of carbonyl (C=O) groups excluding carboxylic acids is 1. The van der Waals surface area contributed by atoms with Crippen LogP contribution in [0.5, 0.6) is 5.75 Å². The highest BCUT2D eigenvalue weighted by molar-refractivity contribution is 6.42. The number of phenols is 1. The predicted molar refractivity (Wildman–Crippen MR) is 112 cm³/mol. The van der Waals surface area contributed by atoms with Crippen molar-refractivity contribution in [1.82, 2.24) is 4.90 Å². The topological polar surface area (TPSA) is 49.8 Å². The number of amides is 1. The number of aromatic hydroxyl groups is 1. The van der Waals surface area contributed by atoms with Gasteiger partial charge in [-0.2, -0.15) is 0 Å². The molecule has 0 heterocycles. The number of ether oxygens (including phenoxy) is 1. The van der Waals surface area contributed by atoms with Crippen LogP contribution in [0.2, 0.25) is 10.0 Å². The normalized spacial score (nSPS) is 19.1. The maximum Gasteiger partial charge on any atom is 0.410 e. The summed E-state index contributed by atoms with van der Waals surface area (Å²) in [5, 5.41) is 11.1.